The molecule has 1 atom stereocenters. The fourth-order valence-corrected chi connectivity index (χ4v) is 0.522. The summed E-state index contributed by atoms with van der Waals surface area (Å²) in [6.45, 7) is 3.37. The van der Waals surface area contributed by atoms with E-state index in [2.05, 4.69) is 11.6 Å². The van der Waals surface area contributed by atoms with Crippen molar-refractivity contribution in [2.45, 2.75) is 12.5 Å². The number of aliphatic carboxylic acids is 1. The molecule has 4 nitrogen and oxygen atoms in total. The second-order valence-corrected chi connectivity index (χ2v) is 1.81. The minimum atomic E-state index is -1.05. The van der Waals surface area contributed by atoms with E-state index < -0.39 is 12.0 Å². The summed E-state index contributed by atoms with van der Waals surface area (Å²) in [5.41, 5.74) is 0. The molecule has 0 rings (SSSR count). The maximum atomic E-state index is 10.3. The molecule has 0 saturated carbocycles. The van der Waals surface area contributed by atoms with Crippen LogP contribution in [0.3, 0.4) is 0 Å². The average Bonchev–Trinajstić information content (AvgIpc) is 1.97. The number of nitrogens with zero attached hydrogens (tertiary/aromatic N) is 1. The van der Waals surface area contributed by atoms with E-state index in [1.807, 2.05) is 0 Å². The minimum absolute atomic E-state index is 0.236. The van der Waals surface area contributed by atoms with Crippen LogP contribution in [0.4, 0.5) is 0 Å². The van der Waals surface area contributed by atoms with Gasteiger partial charge >= 0.3 is 63.9 Å². The molecule has 0 amide bonds. The molecule has 0 aliphatic carbocycles. The van der Waals surface area contributed by atoms with E-state index in [-0.39, 0.29) is 6.42 Å². The molecular formula is C6H8BNO3. The predicted octanol–water partition coefficient (Wildman–Crippen LogP) is 0.0937. The molecule has 0 aliphatic rings. The zero-order chi connectivity index (χ0) is 8.69. The van der Waals surface area contributed by atoms with Crippen molar-refractivity contribution in [1.29, 1.82) is 0 Å². The van der Waals surface area contributed by atoms with Crippen LogP contribution in [0.5, 0.6) is 0 Å². The molecule has 0 radical (unpaired) electrons. The van der Waals surface area contributed by atoms with E-state index in [1.54, 1.807) is 0 Å². The molecule has 0 aromatic rings. The summed E-state index contributed by atoms with van der Waals surface area (Å²) in [6, 6.07) is -0.877. The standard InChI is InChI=1S/C6H8BNO3/c1-2-3-5(6(9)10)8-4-7-11/h2,4-5H,1,3H2,(H,9,10). The Morgan fingerprint density at radius 3 is 2.82 bits per heavy atom. The maximum absolute atomic E-state index is 10.3. The molecule has 1 N–H and O–H groups in total. The quantitative estimate of drug-likeness (QED) is 0.345. The van der Waals surface area contributed by atoms with Crippen molar-refractivity contribution in [2.24, 2.45) is 4.99 Å². The summed E-state index contributed by atoms with van der Waals surface area (Å²) in [5, 5.41) is 8.45. The molecule has 0 spiro atoms. The van der Waals surface area contributed by atoms with Gasteiger partial charge in [0.25, 0.3) is 0 Å². The summed E-state index contributed by atoms with van der Waals surface area (Å²) in [6.07, 6.45) is 2.61. The first-order valence-corrected chi connectivity index (χ1v) is 3.03. The first-order valence-electron chi connectivity index (χ1n) is 3.03. The molecular weight excluding hydrogens is 145 g/mol. The molecule has 0 fully saturated rings. The van der Waals surface area contributed by atoms with Gasteiger partial charge in [-0.25, -0.2) is 0 Å². The molecule has 0 bridgehead atoms. The molecule has 0 aromatic heterocycles. The van der Waals surface area contributed by atoms with Crippen LogP contribution < -0.4 is 0 Å². The van der Waals surface area contributed by atoms with Crippen LogP contribution in [0, 0.1) is 0 Å². The molecule has 5 heteroatoms. The zero-order valence-electron chi connectivity index (χ0n) is 5.93. The van der Waals surface area contributed by atoms with Gasteiger partial charge in [-0.3, -0.25) is 0 Å². The van der Waals surface area contributed by atoms with Crippen molar-refractivity contribution in [3.05, 3.63) is 12.7 Å². The summed E-state index contributed by atoms with van der Waals surface area (Å²) in [5.74, 6) is -1.05. The van der Waals surface area contributed by atoms with E-state index in [4.69, 9.17) is 5.11 Å². The molecule has 58 valence electrons. The Morgan fingerprint density at radius 1 is 1.82 bits per heavy atom. The Bertz CT molecular complexity index is 190. The number of carboxylic acids is 1. The summed E-state index contributed by atoms with van der Waals surface area (Å²) in [4.78, 5) is 13.8. The van der Waals surface area contributed by atoms with E-state index in [0.717, 1.165) is 6.11 Å². The molecule has 1 unspecified atom stereocenters. The van der Waals surface area contributed by atoms with Crippen LogP contribution in [-0.4, -0.2) is 30.4 Å². The van der Waals surface area contributed by atoms with Gasteiger partial charge < -0.3 is 0 Å². The zero-order valence-corrected chi connectivity index (χ0v) is 5.93. The first kappa shape index (κ1) is 9.74. The third kappa shape index (κ3) is 4.19. The van der Waals surface area contributed by atoms with E-state index >= 15 is 0 Å². The van der Waals surface area contributed by atoms with Crippen LogP contribution in [0.25, 0.3) is 0 Å². The van der Waals surface area contributed by atoms with Crippen LogP contribution in [0.15, 0.2) is 17.6 Å². The molecule has 11 heavy (non-hydrogen) atoms. The Hall–Kier alpha value is -1.26. The predicted molar refractivity (Wildman–Crippen MR) is 41.2 cm³/mol. The van der Waals surface area contributed by atoms with Crippen molar-refractivity contribution in [1.82, 2.24) is 0 Å². The van der Waals surface area contributed by atoms with Crippen molar-refractivity contribution < 1.29 is 14.6 Å². The number of hydrogen-bond donors (Lipinski definition) is 1. The molecule has 0 aromatic carbocycles. The second-order valence-electron chi connectivity index (χ2n) is 1.81. The SMILES string of the molecule is C=CCC(N=CB=O)C(=O)O. The van der Waals surface area contributed by atoms with Gasteiger partial charge in [-0.15, -0.1) is 0 Å². The van der Waals surface area contributed by atoms with E-state index in [9.17, 15) is 9.50 Å². The topological polar surface area (TPSA) is 66.7 Å². The second kappa shape index (κ2) is 5.52. The van der Waals surface area contributed by atoms with E-state index in [1.165, 1.54) is 6.08 Å². The number of carboxylic acid groups (broad SMARTS) is 1. The number of aliphatic imine (C=N–C) groups is 1. The van der Waals surface area contributed by atoms with Gasteiger partial charge in [-0.1, -0.05) is 0 Å². The Balaban J connectivity index is 4.08. The Kier molecular flexibility index (Phi) is 4.89. The molecule has 0 aliphatic heterocycles. The van der Waals surface area contributed by atoms with Crippen molar-refractivity contribution >= 4 is 19.2 Å². The normalized spacial score (nSPS) is 12.4. The molecule has 0 heterocycles. The monoisotopic (exact) mass is 153 g/mol. The van der Waals surface area contributed by atoms with Crippen LogP contribution in [0.2, 0.25) is 0 Å². The van der Waals surface area contributed by atoms with Crippen molar-refractivity contribution in [3.8, 4) is 0 Å². The van der Waals surface area contributed by atoms with Gasteiger partial charge in [-0.05, 0) is 0 Å². The molecule has 0 saturated heterocycles. The number of carbonyl (C=O) groups is 1. The van der Waals surface area contributed by atoms with Gasteiger partial charge in [0, 0.05) is 0 Å². The summed E-state index contributed by atoms with van der Waals surface area (Å²) >= 11 is 0. The summed E-state index contributed by atoms with van der Waals surface area (Å²) < 4.78 is 9.77. The fourth-order valence-electron chi connectivity index (χ4n) is 0.522. The van der Waals surface area contributed by atoms with Gasteiger partial charge in [0.15, 0.2) is 0 Å². The first-order chi connectivity index (χ1) is 5.22. The van der Waals surface area contributed by atoms with Gasteiger partial charge in [0.2, 0.25) is 0 Å². The summed E-state index contributed by atoms with van der Waals surface area (Å²) in [7, 11) is 0.443. The Morgan fingerprint density at radius 2 is 2.45 bits per heavy atom. The number of hydrogen-bond acceptors (Lipinski definition) is 3. The van der Waals surface area contributed by atoms with Crippen LogP contribution in [-0.2, 0) is 9.50 Å². The third-order valence-electron chi connectivity index (χ3n) is 1.00. The van der Waals surface area contributed by atoms with E-state index in [0.29, 0.717) is 7.15 Å². The Labute approximate surface area is 64.9 Å². The number of rotatable bonds is 5. The van der Waals surface area contributed by atoms with Crippen LogP contribution in [0.1, 0.15) is 6.42 Å². The fraction of sp³-hybridized carbons (Fsp3) is 0.333. The van der Waals surface area contributed by atoms with Crippen molar-refractivity contribution in [3.63, 3.8) is 0 Å². The third-order valence-corrected chi connectivity index (χ3v) is 1.00. The van der Waals surface area contributed by atoms with Crippen LogP contribution >= 0.6 is 0 Å². The average molecular weight is 153 g/mol. The van der Waals surface area contributed by atoms with Gasteiger partial charge in [0.1, 0.15) is 0 Å². The van der Waals surface area contributed by atoms with Gasteiger partial charge in [-0.2, -0.15) is 0 Å². The van der Waals surface area contributed by atoms with Crippen molar-refractivity contribution in [2.75, 3.05) is 0 Å². The van der Waals surface area contributed by atoms with Gasteiger partial charge in [0.05, 0.1) is 0 Å².